The molecule has 0 atom stereocenters. The Morgan fingerprint density at radius 2 is 1.92 bits per heavy atom. The third-order valence-corrected chi connectivity index (χ3v) is 2.55. The smallest absolute Gasteiger partial charge is 0.0141 e. The third-order valence-electron chi connectivity index (χ3n) is 2.55. The summed E-state index contributed by atoms with van der Waals surface area (Å²) >= 11 is 0. The maximum absolute atomic E-state index is 6.00. The zero-order valence-electron chi connectivity index (χ0n) is 8.19. The summed E-state index contributed by atoms with van der Waals surface area (Å²) in [4.78, 5) is 0. The summed E-state index contributed by atoms with van der Waals surface area (Å²) in [5.41, 5.74) is 9.67. The summed E-state index contributed by atoms with van der Waals surface area (Å²) in [6.07, 6.45) is 4.85. The number of allylic oxidation sites excluding steroid dienone is 3. The molecular weight excluding hydrogens is 146 g/mol. The molecule has 1 aliphatic carbocycles. The van der Waals surface area contributed by atoms with E-state index in [1.54, 1.807) is 0 Å². The van der Waals surface area contributed by atoms with Crippen molar-refractivity contribution in [3.05, 3.63) is 23.4 Å². The van der Waals surface area contributed by atoms with Crippen molar-refractivity contribution in [3.8, 4) is 0 Å². The van der Waals surface area contributed by atoms with E-state index in [-0.39, 0.29) is 0 Å². The van der Waals surface area contributed by atoms with Crippen LogP contribution in [0.2, 0.25) is 0 Å². The molecule has 0 heterocycles. The highest BCUT2D eigenvalue weighted by Crippen LogP contribution is 2.30. The molecule has 1 nitrogen and oxygen atoms in total. The van der Waals surface area contributed by atoms with E-state index in [0.29, 0.717) is 5.92 Å². The van der Waals surface area contributed by atoms with Crippen molar-refractivity contribution in [2.75, 3.05) is 0 Å². The number of hydrogen-bond donors (Lipinski definition) is 1. The minimum Gasteiger partial charge on any atom is -0.402 e. The topological polar surface area (TPSA) is 26.0 Å². The maximum atomic E-state index is 6.00. The van der Waals surface area contributed by atoms with Crippen LogP contribution in [0, 0.1) is 5.92 Å². The van der Waals surface area contributed by atoms with Gasteiger partial charge in [-0.05, 0) is 37.2 Å². The molecule has 0 amide bonds. The van der Waals surface area contributed by atoms with Crippen LogP contribution in [0.4, 0.5) is 0 Å². The first-order valence-electron chi connectivity index (χ1n) is 4.79. The molecule has 0 aromatic heterocycles. The Balaban J connectivity index is 2.83. The Morgan fingerprint density at radius 3 is 2.42 bits per heavy atom. The average molecular weight is 165 g/mol. The van der Waals surface area contributed by atoms with E-state index in [2.05, 4.69) is 20.4 Å². The molecule has 0 aliphatic heterocycles. The van der Waals surface area contributed by atoms with Gasteiger partial charge in [-0.1, -0.05) is 26.0 Å². The summed E-state index contributed by atoms with van der Waals surface area (Å²) in [6.45, 7) is 8.35. The van der Waals surface area contributed by atoms with Gasteiger partial charge in [0, 0.05) is 5.70 Å². The van der Waals surface area contributed by atoms with Gasteiger partial charge in [0.15, 0.2) is 0 Å². The van der Waals surface area contributed by atoms with Gasteiger partial charge in [0.05, 0.1) is 0 Å². The van der Waals surface area contributed by atoms with Crippen molar-refractivity contribution in [2.45, 2.75) is 39.5 Å². The molecule has 2 N–H and O–H groups in total. The summed E-state index contributed by atoms with van der Waals surface area (Å²) in [7, 11) is 0. The molecule has 1 saturated carbocycles. The van der Waals surface area contributed by atoms with Crippen molar-refractivity contribution in [1.29, 1.82) is 0 Å². The number of nitrogens with two attached hydrogens (primary N) is 1. The second-order valence-corrected chi connectivity index (χ2v) is 3.90. The highest BCUT2D eigenvalue weighted by Gasteiger charge is 2.14. The van der Waals surface area contributed by atoms with Gasteiger partial charge in [-0.2, -0.15) is 0 Å². The standard InChI is InChI=1S/C11H19N/c1-8(2)11(12)10-7-5-4-6-9(10)3/h8H,3-7,12H2,1-2H3/b11-10-. The van der Waals surface area contributed by atoms with E-state index in [9.17, 15) is 0 Å². The molecule has 0 aromatic rings. The van der Waals surface area contributed by atoms with Gasteiger partial charge < -0.3 is 5.73 Å². The van der Waals surface area contributed by atoms with Gasteiger partial charge in [-0.15, -0.1) is 0 Å². The van der Waals surface area contributed by atoms with Gasteiger partial charge in [-0.3, -0.25) is 0 Å². The lowest BCUT2D eigenvalue weighted by molar-refractivity contribution is 0.649. The molecule has 0 radical (unpaired) electrons. The fourth-order valence-corrected chi connectivity index (χ4v) is 1.66. The SMILES string of the molecule is C=C1CCCC/C1=C(/N)C(C)C. The molecular formula is C11H19N. The fraction of sp³-hybridized carbons (Fsp3) is 0.636. The highest BCUT2D eigenvalue weighted by atomic mass is 14.6. The van der Waals surface area contributed by atoms with Gasteiger partial charge in [-0.25, -0.2) is 0 Å². The Kier molecular flexibility index (Phi) is 2.96. The molecule has 0 bridgehead atoms. The van der Waals surface area contributed by atoms with E-state index >= 15 is 0 Å². The molecule has 0 unspecified atom stereocenters. The van der Waals surface area contributed by atoms with Crippen LogP contribution in [-0.4, -0.2) is 0 Å². The summed E-state index contributed by atoms with van der Waals surface area (Å²) in [5.74, 6) is 0.467. The molecule has 1 fully saturated rings. The first kappa shape index (κ1) is 9.37. The molecule has 1 aliphatic rings. The van der Waals surface area contributed by atoms with Gasteiger partial charge >= 0.3 is 0 Å². The van der Waals surface area contributed by atoms with E-state index in [0.717, 1.165) is 18.5 Å². The van der Waals surface area contributed by atoms with Crippen molar-refractivity contribution in [2.24, 2.45) is 11.7 Å². The highest BCUT2D eigenvalue weighted by molar-refractivity contribution is 5.34. The third kappa shape index (κ3) is 1.90. The largest absolute Gasteiger partial charge is 0.402 e. The minimum atomic E-state index is 0.467. The summed E-state index contributed by atoms with van der Waals surface area (Å²) < 4.78 is 0. The fourth-order valence-electron chi connectivity index (χ4n) is 1.66. The zero-order valence-corrected chi connectivity index (χ0v) is 8.19. The van der Waals surface area contributed by atoms with E-state index in [1.165, 1.54) is 24.0 Å². The molecule has 0 spiro atoms. The second kappa shape index (κ2) is 3.79. The van der Waals surface area contributed by atoms with E-state index in [4.69, 9.17) is 5.73 Å². The lowest BCUT2D eigenvalue weighted by Crippen LogP contribution is -2.12. The van der Waals surface area contributed by atoms with Gasteiger partial charge in [0.25, 0.3) is 0 Å². The molecule has 0 aromatic carbocycles. The van der Waals surface area contributed by atoms with Crippen LogP contribution in [0.1, 0.15) is 39.5 Å². The molecule has 1 heteroatoms. The monoisotopic (exact) mass is 165 g/mol. The lowest BCUT2D eigenvalue weighted by Gasteiger charge is -2.21. The van der Waals surface area contributed by atoms with Crippen LogP contribution in [0.3, 0.4) is 0 Å². The Bertz CT molecular complexity index is 211. The van der Waals surface area contributed by atoms with Crippen molar-refractivity contribution < 1.29 is 0 Å². The molecule has 1 rings (SSSR count). The predicted octanol–water partition coefficient (Wildman–Crippen LogP) is 2.99. The predicted molar refractivity (Wildman–Crippen MR) is 53.7 cm³/mol. The van der Waals surface area contributed by atoms with E-state index in [1.807, 2.05) is 0 Å². The van der Waals surface area contributed by atoms with Crippen LogP contribution in [-0.2, 0) is 0 Å². The Morgan fingerprint density at radius 1 is 1.33 bits per heavy atom. The van der Waals surface area contributed by atoms with Crippen molar-refractivity contribution in [1.82, 2.24) is 0 Å². The normalized spacial score (nSPS) is 23.1. The average Bonchev–Trinajstić information content (AvgIpc) is 2.04. The number of rotatable bonds is 1. The van der Waals surface area contributed by atoms with Crippen LogP contribution in [0.5, 0.6) is 0 Å². The summed E-state index contributed by atoms with van der Waals surface area (Å²) in [6, 6.07) is 0. The zero-order chi connectivity index (χ0) is 9.14. The first-order valence-corrected chi connectivity index (χ1v) is 4.79. The van der Waals surface area contributed by atoms with Crippen LogP contribution < -0.4 is 5.73 Å². The van der Waals surface area contributed by atoms with Crippen LogP contribution in [0.25, 0.3) is 0 Å². The quantitative estimate of drug-likeness (QED) is 0.635. The van der Waals surface area contributed by atoms with Crippen LogP contribution >= 0.6 is 0 Å². The van der Waals surface area contributed by atoms with E-state index < -0.39 is 0 Å². The molecule has 0 saturated heterocycles. The molecule has 68 valence electrons. The van der Waals surface area contributed by atoms with Gasteiger partial charge in [0.1, 0.15) is 0 Å². The second-order valence-electron chi connectivity index (χ2n) is 3.90. The Hall–Kier alpha value is -0.720. The van der Waals surface area contributed by atoms with Gasteiger partial charge in [0.2, 0.25) is 0 Å². The lowest BCUT2D eigenvalue weighted by atomic mass is 9.87. The Labute approximate surface area is 75.3 Å². The van der Waals surface area contributed by atoms with Crippen molar-refractivity contribution >= 4 is 0 Å². The van der Waals surface area contributed by atoms with Crippen molar-refractivity contribution in [3.63, 3.8) is 0 Å². The first-order chi connectivity index (χ1) is 5.63. The maximum Gasteiger partial charge on any atom is 0.0141 e. The summed E-state index contributed by atoms with van der Waals surface area (Å²) in [5, 5.41) is 0. The molecule has 12 heavy (non-hydrogen) atoms. The number of hydrogen-bond acceptors (Lipinski definition) is 1. The van der Waals surface area contributed by atoms with Crippen LogP contribution in [0.15, 0.2) is 23.4 Å². The minimum absolute atomic E-state index is 0.467.